The van der Waals surface area contributed by atoms with Crippen LogP contribution in [0.25, 0.3) is 0 Å². The second-order valence-corrected chi connectivity index (χ2v) is 9.21. The number of carbonyl (C=O) groups is 1. The van der Waals surface area contributed by atoms with Crippen LogP contribution in [-0.2, 0) is 6.54 Å². The summed E-state index contributed by atoms with van der Waals surface area (Å²) in [5.41, 5.74) is 1.68. The number of ketones is 1. The highest BCUT2D eigenvalue weighted by Crippen LogP contribution is 2.38. The minimum absolute atomic E-state index is 0.0298. The Morgan fingerprint density at radius 2 is 2.12 bits per heavy atom. The van der Waals surface area contributed by atoms with E-state index in [9.17, 15) is 9.18 Å². The van der Waals surface area contributed by atoms with Crippen molar-refractivity contribution in [2.45, 2.75) is 45.4 Å². The molecule has 1 saturated carbocycles. The third-order valence-corrected chi connectivity index (χ3v) is 6.90. The predicted molar refractivity (Wildman–Crippen MR) is 125 cm³/mol. The van der Waals surface area contributed by atoms with Crippen LogP contribution in [-0.4, -0.2) is 32.5 Å². The molecule has 8 heteroatoms. The molecule has 0 saturated heterocycles. The zero-order chi connectivity index (χ0) is 22.8. The van der Waals surface area contributed by atoms with Crippen molar-refractivity contribution in [2.24, 2.45) is 11.8 Å². The molecule has 32 heavy (non-hydrogen) atoms. The number of aromatic nitrogens is 3. The highest BCUT2D eigenvalue weighted by molar-refractivity contribution is 6.31. The normalized spacial score (nSPS) is 22.8. The number of nitrogens with zero attached hydrogens (tertiary/aromatic N) is 3. The molecule has 4 rings (SSSR count). The van der Waals surface area contributed by atoms with Crippen LogP contribution in [0, 0.1) is 11.8 Å². The van der Waals surface area contributed by atoms with E-state index in [2.05, 4.69) is 22.2 Å². The molecular formula is C24H25Cl2FN4O. The molecule has 1 N–H and O–H groups in total. The molecule has 0 aliphatic heterocycles. The maximum atomic E-state index is 14.8. The van der Waals surface area contributed by atoms with Crippen molar-refractivity contribution in [3.8, 4) is 0 Å². The van der Waals surface area contributed by atoms with Crippen LogP contribution in [0.4, 0.5) is 10.2 Å². The zero-order valence-electron chi connectivity index (χ0n) is 17.9. The Morgan fingerprint density at radius 1 is 1.31 bits per heavy atom. The second kappa shape index (κ2) is 9.59. The van der Waals surface area contributed by atoms with Crippen molar-refractivity contribution >= 4 is 34.8 Å². The number of hydrogen-bond acceptors (Lipinski definition) is 4. The van der Waals surface area contributed by atoms with Crippen LogP contribution in [0.2, 0.25) is 10.2 Å². The van der Waals surface area contributed by atoms with E-state index in [1.54, 1.807) is 22.9 Å². The average Bonchev–Trinajstić information content (AvgIpc) is 3.28. The van der Waals surface area contributed by atoms with Gasteiger partial charge in [0.2, 0.25) is 0 Å². The SMILES string of the molecule is CC[C@H]1C[C@@H](Nc2ncncc2C(=O)c2cc(Cl)n(Cc3cccc(Cl)c3)c2)[C@@H](F)[C@@H]1C. The molecule has 2 aromatic heterocycles. The fourth-order valence-electron chi connectivity index (χ4n) is 4.47. The first-order chi connectivity index (χ1) is 15.4. The van der Waals surface area contributed by atoms with Gasteiger partial charge in [0.05, 0.1) is 11.6 Å². The zero-order valence-corrected chi connectivity index (χ0v) is 19.4. The number of halogens is 3. The molecule has 1 fully saturated rings. The van der Waals surface area contributed by atoms with Gasteiger partial charge in [0.1, 0.15) is 23.5 Å². The molecule has 0 bridgehead atoms. The Bertz CT molecular complexity index is 1120. The van der Waals surface area contributed by atoms with Gasteiger partial charge in [-0.15, -0.1) is 0 Å². The summed E-state index contributed by atoms with van der Waals surface area (Å²) in [5, 5.41) is 4.24. The Hall–Kier alpha value is -2.44. The maximum absolute atomic E-state index is 14.8. The number of carbonyl (C=O) groups excluding carboxylic acids is 1. The number of hydrogen-bond donors (Lipinski definition) is 1. The van der Waals surface area contributed by atoms with Crippen LogP contribution in [0.3, 0.4) is 0 Å². The average molecular weight is 475 g/mol. The van der Waals surface area contributed by atoms with Crippen molar-refractivity contribution in [2.75, 3.05) is 5.32 Å². The number of anilines is 1. The number of nitrogens with one attached hydrogen (secondary N) is 1. The molecule has 0 amide bonds. The van der Waals surface area contributed by atoms with Crippen molar-refractivity contribution in [3.63, 3.8) is 0 Å². The summed E-state index contributed by atoms with van der Waals surface area (Å²) in [5.74, 6) is 0.356. The largest absolute Gasteiger partial charge is 0.364 e. The van der Waals surface area contributed by atoms with Gasteiger partial charge in [0, 0.05) is 29.5 Å². The summed E-state index contributed by atoms with van der Waals surface area (Å²) in [7, 11) is 0. The quantitative estimate of drug-likeness (QED) is 0.423. The van der Waals surface area contributed by atoms with Gasteiger partial charge >= 0.3 is 0 Å². The molecule has 1 aliphatic carbocycles. The van der Waals surface area contributed by atoms with Crippen LogP contribution in [0.1, 0.15) is 48.2 Å². The van der Waals surface area contributed by atoms with Gasteiger partial charge in [-0.1, -0.05) is 55.6 Å². The summed E-state index contributed by atoms with van der Waals surface area (Å²) in [6.07, 6.45) is 5.16. The number of benzene rings is 1. The van der Waals surface area contributed by atoms with Crippen molar-refractivity contribution < 1.29 is 9.18 Å². The van der Waals surface area contributed by atoms with E-state index in [1.807, 2.05) is 25.1 Å². The summed E-state index contributed by atoms with van der Waals surface area (Å²) in [6, 6.07) is 8.70. The molecule has 2 heterocycles. The first-order valence-corrected chi connectivity index (χ1v) is 11.5. The second-order valence-electron chi connectivity index (χ2n) is 8.38. The minimum Gasteiger partial charge on any atom is -0.364 e. The highest BCUT2D eigenvalue weighted by Gasteiger charge is 2.40. The Balaban J connectivity index is 1.56. The van der Waals surface area contributed by atoms with Gasteiger partial charge in [0.25, 0.3) is 0 Å². The van der Waals surface area contributed by atoms with Crippen molar-refractivity contribution in [3.05, 3.63) is 75.9 Å². The van der Waals surface area contributed by atoms with Crippen molar-refractivity contribution in [1.82, 2.24) is 14.5 Å². The summed E-state index contributed by atoms with van der Waals surface area (Å²) >= 11 is 12.5. The summed E-state index contributed by atoms with van der Waals surface area (Å²) in [6.45, 7) is 4.50. The van der Waals surface area contributed by atoms with Gasteiger partial charge in [-0.25, -0.2) is 14.4 Å². The van der Waals surface area contributed by atoms with Crippen molar-refractivity contribution in [1.29, 1.82) is 0 Å². The van der Waals surface area contributed by atoms with E-state index in [4.69, 9.17) is 23.2 Å². The van der Waals surface area contributed by atoms with Gasteiger partial charge in [0.15, 0.2) is 5.78 Å². The lowest BCUT2D eigenvalue weighted by Crippen LogP contribution is -2.29. The smallest absolute Gasteiger partial charge is 0.199 e. The van der Waals surface area contributed by atoms with Crippen LogP contribution in [0.15, 0.2) is 49.1 Å². The maximum Gasteiger partial charge on any atom is 0.199 e. The lowest BCUT2D eigenvalue weighted by atomic mass is 9.95. The summed E-state index contributed by atoms with van der Waals surface area (Å²) in [4.78, 5) is 21.5. The van der Waals surface area contributed by atoms with Gasteiger partial charge in [-0.3, -0.25) is 4.79 Å². The first kappa shape index (κ1) is 22.7. The fourth-order valence-corrected chi connectivity index (χ4v) is 4.91. The van der Waals surface area contributed by atoms with Gasteiger partial charge < -0.3 is 9.88 Å². The predicted octanol–water partition coefficient (Wildman–Crippen LogP) is 6.05. The minimum atomic E-state index is -0.994. The molecule has 0 spiro atoms. The van der Waals surface area contributed by atoms with E-state index >= 15 is 0 Å². The van der Waals surface area contributed by atoms with Gasteiger partial charge in [-0.2, -0.15) is 0 Å². The third kappa shape index (κ3) is 4.66. The first-order valence-electron chi connectivity index (χ1n) is 10.7. The van der Waals surface area contributed by atoms with E-state index in [0.717, 1.165) is 12.0 Å². The molecule has 3 aromatic rings. The Kier molecular flexibility index (Phi) is 6.82. The number of rotatable bonds is 7. The van der Waals surface area contributed by atoms with E-state index < -0.39 is 6.17 Å². The van der Waals surface area contributed by atoms with Gasteiger partial charge in [-0.05, 0) is 42.0 Å². The van der Waals surface area contributed by atoms with E-state index in [0.29, 0.717) is 46.0 Å². The van der Waals surface area contributed by atoms with Crippen LogP contribution < -0.4 is 5.32 Å². The highest BCUT2D eigenvalue weighted by atomic mass is 35.5. The fraction of sp³-hybridized carbons (Fsp3) is 0.375. The standard InChI is InChI=1S/C24H25Cl2FN4O/c1-3-16-8-20(22(27)14(16)2)30-24-19(10-28-13-29-24)23(32)17-9-21(26)31(12-17)11-15-5-4-6-18(25)7-15/h4-7,9-10,12-14,16,20,22H,3,8,11H2,1-2H3,(H,28,29,30)/t14-,16+,20-,22+/m1/s1. The topological polar surface area (TPSA) is 59.8 Å². The summed E-state index contributed by atoms with van der Waals surface area (Å²) < 4.78 is 16.6. The monoisotopic (exact) mass is 474 g/mol. The molecule has 1 aromatic carbocycles. The van der Waals surface area contributed by atoms with E-state index in [1.165, 1.54) is 12.5 Å². The van der Waals surface area contributed by atoms with Crippen LogP contribution in [0.5, 0.6) is 0 Å². The molecular weight excluding hydrogens is 450 g/mol. The lowest BCUT2D eigenvalue weighted by Gasteiger charge is -2.18. The molecule has 4 atom stereocenters. The molecule has 1 aliphatic rings. The molecule has 5 nitrogen and oxygen atoms in total. The molecule has 0 radical (unpaired) electrons. The Labute approximate surface area is 197 Å². The number of alkyl halides is 1. The molecule has 168 valence electrons. The third-order valence-electron chi connectivity index (χ3n) is 6.34. The lowest BCUT2D eigenvalue weighted by molar-refractivity contribution is 0.103. The molecule has 0 unspecified atom stereocenters. The Morgan fingerprint density at radius 3 is 2.84 bits per heavy atom. The van der Waals surface area contributed by atoms with Crippen LogP contribution >= 0.6 is 23.2 Å². The van der Waals surface area contributed by atoms with E-state index in [-0.39, 0.29) is 17.7 Å².